The number of amides is 1. The molecule has 0 saturated carbocycles. The van der Waals surface area contributed by atoms with Crippen LogP contribution in [0.2, 0.25) is 5.15 Å². The van der Waals surface area contributed by atoms with Gasteiger partial charge < -0.3 is 10.6 Å². The lowest BCUT2D eigenvalue weighted by molar-refractivity contribution is 0.0948. The molecular formula is C13H20ClN3O. The second-order valence-electron chi connectivity index (χ2n) is 4.32. The molecule has 0 radical (unpaired) electrons. The van der Waals surface area contributed by atoms with E-state index in [1.54, 1.807) is 12.1 Å². The van der Waals surface area contributed by atoms with Gasteiger partial charge in [-0.3, -0.25) is 4.79 Å². The largest absolute Gasteiger partial charge is 0.370 e. The topological polar surface area (TPSA) is 54.0 Å². The number of aromatic nitrogens is 1. The minimum atomic E-state index is -0.112. The highest BCUT2D eigenvalue weighted by Crippen LogP contribution is 2.14. The van der Waals surface area contributed by atoms with Gasteiger partial charge in [-0.05, 0) is 25.0 Å². The Morgan fingerprint density at radius 2 is 2.17 bits per heavy atom. The maximum absolute atomic E-state index is 11.9. The summed E-state index contributed by atoms with van der Waals surface area (Å²) in [5.41, 5.74) is 0.536. The zero-order valence-electron chi connectivity index (χ0n) is 11.1. The number of carbonyl (C=O) groups is 1. The summed E-state index contributed by atoms with van der Waals surface area (Å²) in [7, 11) is 0. The number of nitrogens with zero attached hydrogens (tertiary/aromatic N) is 1. The monoisotopic (exact) mass is 269 g/mol. The molecule has 1 aromatic heterocycles. The van der Waals surface area contributed by atoms with Crippen LogP contribution in [0.1, 0.15) is 37.6 Å². The Morgan fingerprint density at radius 1 is 1.44 bits per heavy atom. The molecule has 1 atom stereocenters. The van der Waals surface area contributed by atoms with Crippen molar-refractivity contribution in [1.82, 2.24) is 10.3 Å². The van der Waals surface area contributed by atoms with E-state index in [1.165, 1.54) is 0 Å². The van der Waals surface area contributed by atoms with Crippen molar-refractivity contribution in [3.05, 3.63) is 22.8 Å². The number of rotatable bonds is 6. The van der Waals surface area contributed by atoms with Gasteiger partial charge in [-0.15, -0.1) is 0 Å². The molecule has 4 nitrogen and oxygen atoms in total. The first-order valence-electron chi connectivity index (χ1n) is 6.26. The minimum Gasteiger partial charge on any atom is -0.370 e. The molecule has 1 aromatic rings. The van der Waals surface area contributed by atoms with Crippen LogP contribution in [0.25, 0.3) is 0 Å². The van der Waals surface area contributed by atoms with E-state index in [2.05, 4.69) is 29.5 Å². The minimum absolute atomic E-state index is 0.112. The lowest BCUT2D eigenvalue weighted by Crippen LogP contribution is -2.28. The summed E-state index contributed by atoms with van der Waals surface area (Å²) in [6.45, 7) is 7.58. The second-order valence-corrected chi connectivity index (χ2v) is 4.70. The van der Waals surface area contributed by atoms with Crippen LogP contribution in [0.3, 0.4) is 0 Å². The van der Waals surface area contributed by atoms with Crippen LogP contribution >= 0.6 is 11.6 Å². The highest BCUT2D eigenvalue weighted by atomic mass is 35.5. The molecule has 1 unspecified atom stereocenters. The van der Waals surface area contributed by atoms with Crippen LogP contribution in [-0.2, 0) is 0 Å². The molecule has 0 aliphatic carbocycles. The smallest absolute Gasteiger partial charge is 0.251 e. The SMILES string of the molecule is CCNc1cc(C(=O)NCC(C)CC)cc(Cl)n1. The molecule has 100 valence electrons. The van der Waals surface area contributed by atoms with Crippen LogP contribution in [0.15, 0.2) is 12.1 Å². The van der Waals surface area contributed by atoms with Gasteiger partial charge in [-0.2, -0.15) is 0 Å². The van der Waals surface area contributed by atoms with Crippen molar-refractivity contribution < 1.29 is 4.79 Å². The van der Waals surface area contributed by atoms with Crippen LogP contribution in [-0.4, -0.2) is 24.0 Å². The number of anilines is 1. The Kier molecular flexibility index (Phi) is 5.92. The molecule has 0 fully saturated rings. The number of hydrogen-bond donors (Lipinski definition) is 2. The molecule has 0 bridgehead atoms. The summed E-state index contributed by atoms with van der Waals surface area (Å²) in [6, 6.07) is 3.29. The van der Waals surface area contributed by atoms with E-state index in [1.807, 2.05) is 6.92 Å². The summed E-state index contributed by atoms with van der Waals surface area (Å²) in [4.78, 5) is 16.0. The molecule has 1 amide bonds. The van der Waals surface area contributed by atoms with Gasteiger partial charge in [-0.25, -0.2) is 4.98 Å². The molecule has 0 saturated heterocycles. The number of hydrogen-bond acceptors (Lipinski definition) is 3. The Labute approximate surface area is 113 Å². The van der Waals surface area contributed by atoms with Gasteiger partial charge in [0.05, 0.1) is 0 Å². The maximum atomic E-state index is 11.9. The molecule has 0 aliphatic heterocycles. The fourth-order valence-electron chi connectivity index (χ4n) is 1.41. The maximum Gasteiger partial charge on any atom is 0.251 e. The first-order chi connectivity index (χ1) is 8.56. The molecule has 5 heteroatoms. The van der Waals surface area contributed by atoms with Crippen molar-refractivity contribution >= 4 is 23.3 Å². The summed E-state index contributed by atoms with van der Waals surface area (Å²) in [5, 5.41) is 6.26. The standard InChI is InChI=1S/C13H20ClN3O/c1-4-9(3)8-16-13(18)10-6-11(14)17-12(7-10)15-5-2/h6-7,9H,4-5,8H2,1-3H3,(H,15,17)(H,16,18). The van der Waals surface area contributed by atoms with Gasteiger partial charge in [0.15, 0.2) is 0 Å². The number of pyridine rings is 1. The van der Waals surface area contributed by atoms with Crippen molar-refractivity contribution in [2.75, 3.05) is 18.4 Å². The van der Waals surface area contributed by atoms with E-state index in [0.717, 1.165) is 13.0 Å². The fourth-order valence-corrected chi connectivity index (χ4v) is 1.62. The van der Waals surface area contributed by atoms with Crippen LogP contribution < -0.4 is 10.6 Å². The Morgan fingerprint density at radius 3 is 2.78 bits per heavy atom. The Bertz CT molecular complexity index is 409. The second kappa shape index (κ2) is 7.21. The quantitative estimate of drug-likeness (QED) is 0.781. The van der Waals surface area contributed by atoms with Gasteiger partial charge in [0.25, 0.3) is 5.91 Å². The van der Waals surface area contributed by atoms with E-state index < -0.39 is 0 Å². The third-order valence-corrected chi connectivity index (χ3v) is 2.92. The highest BCUT2D eigenvalue weighted by molar-refractivity contribution is 6.29. The van der Waals surface area contributed by atoms with Gasteiger partial charge in [0.2, 0.25) is 0 Å². The zero-order chi connectivity index (χ0) is 13.5. The third-order valence-electron chi connectivity index (χ3n) is 2.72. The molecule has 18 heavy (non-hydrogen) atoms. The van der Waals surface area contributed by atoms with Crippen molar-refractivity contribution in [1.29, 1.82) is 0 Å². The number of halogens is 1. The molecule has 0 aliphatic rings. The number of nitrogens with one attached hydrogen (secondary N) is 2. The lowest BCUT2D eigenvalue weighted by Gasteiger charge is -2.11. The summed E-state index contributed by atoms with van der Waals surface area (Å²) < 4.78 is 0. The van der Waals surface area contributed by atoms with Crippen LogP contribution in [0.4, 0.5) is 5.82 Å². The first-order valence-corrected chi connectivity index (χ1v) is 6.64. The average Bonchev–Trinajstić information content (AvgIpc) is 2.35. The first kappa shape index (κ1) is 14.8. The molecule has 2 N–H and O–H groups in total. The van der Waals surface area contributed by atoms with E-state index in [4.69, 9.17) is 11.6 Å². The van der Waals surface area contributed by atoms with Crippen molar-refractivity contribution in [3.63, 3.8) is 0 Å². The molecule has 1 rings (SSSR count). The fraction of sp³-hybridized carbons (Fsp3) is 0.538. The van der Waals surface area contributed by atoms with Crippen molar-refractivity contribution in [2.45, 2.75) is 27.2 Å². The van der Waals surface area contributed by atoms with Crippen LogP contribution in [0.5, 0.6) is 0 Å². The Hall–Kier alpha value is -1.29. The predicted octanol–water partition coefficient (Wildman–Crippen LogP) is 2.94. The van der Waals surface area contributed by atoms with E-state index in [-0.39, 0.29) is 5.91 Å². The van der Waals surface area contributed by atoms with Crippen molar-refractivity contribution in [2.24, 2.45) is 5.92 Å². The van der Waals surface area contributed by atoms with E-state index >= 15 is 0 Å². The normalized spacial score (nSPS) is 12.0. The van der Waals surface area contributed by atoms with Crippen molar-refractivity contribution in [3.8, 4) is 0 Å². The van der Waals surface area contributed by atoms with E-state index in [9.17, 15) is 4.79 Å². The summed E-state index contributed by atoms with van der Waals surface area (Å²) in [5.74, 6) is 0.983. The van der Waals surface area contributed by atoms with Gasteiger partial charge in [0.1, 0.15) is 11.0 Å². The summed E-state index contributed by atoms with van der Waals surface area (Å²) in [6.07, 6.45) is 1.04. The predicted molar refractivity (Wildman–Crippen MR) is 75.2 cm³/mol. The summed E-state index contributed by atoms with van der Waals surface area (Å²) >= 11 is 5.89. The third kappa shape index (κ3) is 4.53. The number of carbonyl (C=O) groups excluding carboxylic acids is 1. The highest BCUT2D eigenvalue weighted by Gasteiger charge is 2.10. The molecular weight excluding hydrogens is 250 g/mol. The van der Waals surface area contributed by atoms with Gasteiger partial charge in [-0.1, -0.05) is 31.9 Å². The Balaban J connectivity index is 2.72. The van der Waals surface area contributed by atoms with Gasteiger partial charge in [0, 0.05) is 18.7 Å². The average molecular weight is 270 g/mol. The molecule has 0 spiro atoms. The molecule has 1 heterocycles. The van der Waals surface area contributed by atoms with Crippen LogP contribution in [0, 0.1) is 5.92 Å². The lowest BCUT2D eigenvalue weighted by atomic mass is 10.1. The molecule has 0 aromatic carbocycles. The van der Waals surface area contributed by atoms with E-state index in [0.29, 0.717) is 29.0 Å². The zero-order valence-corrected chi connectivity index (χ0v) is 11.8. The van der Waals surface area contributed by atoms with Gasteiger partial charge >= 0.3 is 0 Å².